The highest BCUT2D eigenvalue weighted by atomic mass is 32.1. The van der Waals surface area contributed by atoms with E-state index in [4.69, 9.17) is 0 Å². The summed E-state index contributed by atoms with van der Waals surface area (Å²) in [4.78, 5) is 37.8. The van der Waals surface area contributed by atoms with Crippen LogP contribution < -0.4 is 20.1 Å². The van der Waals surface area contributed by atoms with Crippen LogP contribution in [0, 0.1) is 5.41 Å². The summed E-state index contributed by atoms with van der Waals surface area (Å²) in [5, 5.41) is 2.79. The molecule has 0 saturated carbocycles. The number of rotatable bonds is 7. The summed E-state index contributed by atoms with van der Waals surface area (Å²) in [5.41, 5.74) is 1.32. The molecule has 0 radical (unpaired) electrons. The monoisotopic (exact) mass is 428 g/mol. The quantitative estimate of drug-likeness (QED) is 0.737. The van der Waals surface area contributed by atoms with E-state index >= 15 is 0 Å². The molecule has 1 aromatic carbocycles. The normalized spacial score (nSPS) is 13.2. The number of ketones is 1. The molecule has 0 aliphatic rings. The number of carbonyl (C=O) groups is 2. The second-order valence-electron chi connectivity index (χ2n) is 8.77. The molecule has 1 N–H and O–H groups in total. The Morgan fingerprint density at radius 1 is 1.17 bits per heavy atom. The maximum Gasteiger partial charge on any atom is 0.269 e. The molecule has 1 amide bonds. The largest absolute Gasteiger partial charge is 0.355 e. The fourth-order valence-electron chi connectivity index (χ4n) is 2.71. The van der Waals surface area contributed by atoms with Gasteiger partial charge in [-0.25, -0.2) is 0 Å². The Morgan fingerprint density at radius 2 is 1.80 bits per heavy atom. The topological polar surface area (TPSA) is 68.2 Å². The zero-order valence-electron chi connectivity index (χ0n) is 18.7. The average molecular weight is 429 g/mol. The van der Waals surface area contributed by atoms with Crippen LogP contribution in [-0.4, -0.2) is 22.8 Å². The predicted octanol–water partition coefficient (Wildman–Crippen LogP) is 2.78. The smallest absolute Gasteiger partial charge is 0.269 e. The Balaban J connectivity index is 2.55. The van der Waals surface area contributed by atoms with Crippen LogP contribution in [0.1, 0.15) is 65.0 Å². The minimum atomic E-state index is -0.564. The van der Waals surface area contributed by atoms with Crippen LogP contribution in [0.3, 0.4) is 0 Å². The van der Waals surface area contributed by atoms with Gasteiger partial charge in [0.2, 0.25) is 5.91 Å². The number of nitrogens with zero attached hydrogens (tertiary/aromatic N) is 1. The van der Waals surface area contributed by atoms with Crippen molar-refractivity contribution < 1.29 is 9.59 Å². The van der Waals surface area contributed by atoms with E-state index in [1.54, 1.807) is 0 Å². The average Bonchev–Trinajstić information content (AvgIpc) is 2.94. The SMILES string of the molecule is CCCNC(=O)Cn1c(=CC(=O)C(C)(C)C)sc(=Cc2ccc(C(C)C)cc2)c1=O. The van der Waals surface area contributed by atoms with Crippen molar-refractivity contribution in [2.24, 2.45) is 5.41 Å². The zero-order valence-corrected chi connectivity index (χ0v) is 19.6. The molecule has 5 nitrogen and oxygen atoms in total. The van der Waals surface area contributed by atoms with E-state index in [-0.39, 0.29) is 23.8 Å². The lowest BCUT2D eigenvalue weighted by molar-refractivity contribution is -0.122. The predicted molar refractivity (Wildman–Crippen MR) is 124 cm³/mol. The zero-order chi connectivity index (χ0) is 22.5. The molecule has 0 saturated heterocycles. The van der Waals surface area contributed by atoms with Crippen molar-refractivity contribution in [2.45, 2.75) is 60.4 Å². The maximum atomic E-state index is 13.0. The number of aromatic nitrogens is 1. The van der Waals surface area contributed by atoms with Crippen molar-refractivity contribution in [1.29, 1.82) is 0 Å². The molecule has 1 aromatic heterocycles. The molecule has 0 aliphatic carbocycles. The second kappa shape index (κ2) is 10.0. The fraction of sp³-hybridized carbons (Fsp3) is 0.458. The van der Waals surface area contributed by atoms with Crippen LogP contribution >= 0.6 is 11.3 Å². The molecule has 6 heteroatoms. The molecule has 0 bridgehead atoms. The van der Waals surface area contributed by atoms with E-state index < -0.39 is 5.41 Å². The van der Waals surface area contributed by atoms with Crippen molar-refractivity contribution in [3.05, 3.63) is 54.9 Å². The Kier molecular flexibility index (Phi) is 7.96. The van der Waals surface area contributed by atoms with Crippen molar-refractivity contribution in [3.63, 3.8) is 0 Å². The van der Waals surface area contributed by atoms with Crippen molar-refractivity contribution in [2.75, 3.05) is 6.54 Å². The molecular formula is C24H32N2O3S. The summed E-state index contributed by atoms with van der Waals surface area (Å²) in [6.45, 7) is 12.2. The molecule has 2 aromatic rings. The van der Waals surface area contributed by atoms with Gasteiger partial charge in [-0.1, -0.05) is 65.8 Å². The first-order valence-corrected chi connectivity index (χ1v) is 11.2. The van der Waals surface area contributed by atoms with Crippen LogP contribution in [-0.2, 0) is 16.1 Å². The fourth-order valence-corrected chi connectivity index (χ4v) is 3.76. The number of amides is 1. The maximum absolute atomic E-state index is 13.0. The van der Waals surface area contributed by atoms with Gasteiger partial charge in [0.15, 0.2) is 5.78 Å². The summed E-state index contributed by atoms with van der Waals surface area (Å²) >= 11 is 1.24. The number of hydrogen-bond donors (Lipinski definition) is 1. The van der Waals surface area contributed by atoms with Gasteiger partial charge in [0, 0.05) is 18.0 Å². The van der Waals surface area contributed by atoms with Gasteiger partial charge in [0.05, 0.1) is 4.53 Å². The second-order valence-corrected chi connectivity index (χ2v) is 9.83. The van der Waals surface area contributed by atoms with Gasteiger partial charge in [-0.3, -0.25) is 19.0 Å². The van der Waals surface area contributed by atoms with E-state index in [1.165, 1.54) is 27.5 Å². The molecular weight excluding hydrogens is 396 g/mol. The number of benzene rings is 1. The third-order valence-corrected chi connectivity index (χ3v) is 5.76. The van der Waals surface area contributed by atoms with E-state index in [1.807, 2.05) is 45.9 Å². The van der Waals surface area contributed by atoms with Crippen molar-refractivity contribution in [1.82, 2.24) is 9.88 Å². The summed E-state index contributed by atoms with van der Waals surface area (Å²) in [6, 6.07) is 8.07. The summed E-state index contributed by atoms with van der Waals surface area (Å²) < 4.78 is 2.40. The summed E-state index contributed by atoms with van der Waals surface area (Å²) in [7, 11) is 0. The van der Waals surface area contributed by atoms with Crippen LogP contribution in [0.5, 0.6) is 0 Å². The first-order chi connectivity index (χ1) is 14.0. The molecule has 30 heavy (non-hydrogen) atoms. The van der Waals surface area contributed by atoms with E-state index in [9.17, 15) is 14.4 Å². The third-order valence-electron chi connectivity index (χ3n) is 4.71. The molecule has 2 rings (SSSR count). The minimum absolute atomic E-state index is 0.0840. The molecule has 0 spiro atoms. The molecule has 0 fully saturated rings. The van der Waals surface area contributed by atoms with Crippen molar-refractivity contribution >= 4 is 35.2 Å². The number of hydrogen-bond acceptors (Lipinski definition) is 4. The van der Waals surface area contributed by atoms with Crippen LogP contribution in [0.25, 0.3) is 12.2 Å². The molecule has 0 unspecified atom stereocenters. The van der Waals surface area contributed by atoms with Gasteiger partial charge in [0.25, 0.3) is 5.56 Å². The lowest BCUT2D eigenvalue weighted by atomic mass is 9.91. The number of carbonyl (C=O) groups excluding carboxylic acids is 2. The Bertz CT molecular complexity index is 1070. The van der Waals surface area contributed by atoms with Crippen LogP contribution in [0.2, 0.25) is 0 Å². The highest BCUT2D eigenvalue weighted by Crippen LogP contribution is 2.15. The minimum Gasteiger partial charge on any atom is -0.355 e. The van der Waals surface area contributed by atoms with E-state index in [0.717, 1.165) is 12.0 Å². The summed E-state index contributed by atoms with van der Waals surface area (Å²) in [6.07, 6.45) is 4.12. The Labute approximate surface area is 182 Å². The number of nitrogens with one attached hydrogen (secondary N) is 1. The lowest BCUT2D eigenvalue weighted by Gasteiger charge is -2.12. The third kappa shape index (κ3) is 6.26. The molecule has 1 heterocycles. The molecule has 0 aliphatic heterocycles. The van der Waals surface area contributed by atoms with E-state index in [0.29, 0.717) is 21.7 Å². The van der Waals surface area contributed by atoms with Crippen molar-refractivity contribution in [3.8, 4) is 0 Å². The van der Waals surface area contributed by atoms with Crippen LogP contribution in [0.4, 0.5) is 0 Å². The Morgan fingerprint density at radius 3 is 2.33 bits per heavy atom. The molecule has 0 atom stereocenters. The molecule has 162 valence electrons. The number of Topliss-reactive ketones (excluding diaryl/α,β-unsaturated/α-hetero) is 1. The number of thiazole rings is 1. The Hall–Kier alpha value is -2.47. The van der Waals surface area contributed by atoms with Gasteiger partial charge in [-0.15, -0.1) is 11.3 Å². The first-order valence-electron chi connectivity index (χ1n) is 10.4. The lowest BCUT2D eigenvalue weighted by Crippen LogP contribution is -2.38. The van der Waals surface area contributed by atoms with Crippen LogP contribution in [0.15, 0.2) is 29.1 Å². The summed E-state index contributed by atoms with van der Waals surface area (Å²) in [5.74, 6) is 0.117. The first kappa shape index (κ1) is 23.8. The van der Waals surface area contributed by atoms with Gasteiger partial charge < -0.3 is 5.32 Å². The van der Waals surface area contributed by atoms with Gasteiger partial charge in [0.1, 0.15) is 11.2 Å². The highest BCUT2D eigenvalue weighted by Gasteiger charge is 2.20. The highest BCUT2D eigenvalue weighted by molar-refractivity contribution is 7.07. The van der Waals surface area contributed by atoms with E-state index in [2.05, 4.69) is 31.3 Å². The standard InChI is InChI=1S/C24H32N2O3S/c1-7-12-25-21(28)15-26-22(14-20(27)24(4,5)6)30-19(23(26)29)13-17-8-10-18(11-9-17)16(2)3/h8-11,13-14,16H,7,12,15H2,1-6H3,(H,25,28). The van der Waals surface area contributed by atoms with Gasteiger partial charge in [-0.05, 0) is 29.5 Å². The van der Waals surface area contributed by atoms with Gasteiger partial charge >= 0.3 is 0 Å². The van der Waals surface area contributed by atoms with Gasteiger partial charge in [-0.2, -0.15) is 0 Å².